The average molecular weight is 409 g/mol. The minimum absolute atomic E-state index is 0.0504. The lowest BCUT2D eigenvalue weighted by Gasteiger charge is -2.49. The van der Waals surface area contributed by atoms with Crippen LogP contribution in [0.4, 0.5) is 0 Å². The number of hydrogen-bond donors (Lipinski definition) is 1. The van der Waals surface area contributed by atoms with E-state index in [9.17, 15) is 9.90 Å². The van der Waals surface area contributed by atoms with Crippen LogP contribution in [-0.4, -0.2) is 37.2 Å². The molecule has 28 heavy (non-hydrogen) atoms. The van der Waals surface area contributed by atoms with Gasteiger partial charge in [0.1, 0.15) is 11.7 Å². The van der Waals surface area contributed by atoms with Gasteiger partial charge in [-0.05, 0) is 63.7 Å². The van der Waals surface area contributed by atoms with E-state index < -0.39 is 20.0 Å². The van der Waals surface area contributed by atoms with Crippen molar-refractivity contribution in [2.45, 2.75) is 104 Å². The molecule has 0 aliphatic heterocycles. The van der Waals surface area contributed by atoms with Crippen LogP contribution in [0.15, 0.2) is 11.6 Å². The van der Waals surface area contributed by atoms with E-state index in [2.05, 4.69) is 52.6 Å². The standard InChI is InChI=1S/C23H40O4Si/c1-16(2)12-11-13-23(8,25)21-19(26-18(4)24)14-17(3)15-20(21)27-28(9,10)22(5,6)7/h12,17,19-21,25H,14-15H2,1-10H3/t17-,19-,20-,21-,23-/m0/s1. The van der Waals surface area contributed by atoms with Gasteiger partial charge in [0.15, 0.2) is 8.32 Å². The van der Waals surface area contributed by atoms with E-state index in [1.165, 1.54) is 6.92 Å². The molecule has 0 amide bonds. The Hall–Kier alpha value is -1.09. The molecule has 0 bridgehead atoms. The summed E-state index contributed by atoms with van der Waals surface area (Å²) in [5.74, 6) is 5.61. The van der Waals surface area contributed by atoms with Crippen molar-refractivity contribution in [1.82, 2.24) is 0 Å². The first-order chi connectivity index (χ1) is 12.6. The summed E-state index contributed by atoms with van der Waals surface area (Å²) in [6.07, 6.45) is 2.72. The van der Waals surface area contributed by atoms with Crippen molar-refractivity contribution in [1.29, 1.82) is 0 Å². The molecule has 0 heterocycles. The summed E-state index contributed by atoms with van der Waals surface area (Å²) in [6, 6.07) is 0. The predicted octanol–water partition coefficient (Wildman–Crippen LogP) is 5.08. The quantitative estimate of drug-likeness (QED) is 0.401. The van der Waals surface area contributed by atoms with Crippen molar-refractivity contribution in [2.24, 2.45) is 11.8 Å². The molecule has 0 spiro atoms. The minimum atomic E-state index is -2.07. The molecule has 1 fully saturated rings. The van der Waals surface area contributed by atoms with Crippen molar-refractivity contribution >= 4 is 14.3 Å². The summed E-state index contributed by atoms with van der Waals surface area (Å²) >= 11 is 0. The van der Waals surface area contributed by atoms with Gasteiger partial charge in [-0.15, -0.1) is 0 Å². The Balaban J connectivity index is 3.36. The maximum atomic E-state index is 11.8. The molecular weight excluding hydrogens is 368 g/mol. The molecule has 1 saturated carbocycles. The normalized spacial score (nSPS) is 27.8. The maximum absolute atomic E-state index is 11.8. The zero-order valence-electron chi connectivity index (χ0n) is 19.5. The molecule has 1 rings (SSSR count). The summed E-state index contributed by atoms with van der Waals surface area (Å²) < 4.78 is 12.4. The Bertz CT molecular complexity index is 642. The second kappa shape index (κ2) is 9.15. The number of carbonyl (C=O) groups excluding carboxylic acids is 1. The van der Waals surface area contributed by atoms with Crippen LogP contribution in [-0.2, 0) is 14.0 Å². The van der Waals surface area contributed by atoms with E-state index in [1.54, 1.807) is 13.0 Å². The van der Waals surface area contributed by atoms with E-state index in [1.807, 2.05) is 13.8 Å². The lowest BCUT2D eigenvalue weighted by Crippen LogP contribution is -2.57. The number of rotatable bonds is 4. The third kappa shape index (κ3) is 6.75. The van der Waals surface area contributed by atoms with Gasteiger partial charge in [0.05, 0.1) is 12.0 Å². The van der Waals surface area contributed by atoms with Crippen LogP contribution in [0.3, 0.4) is 0 Å². The fourth-order valence-electron chi connectivity index (χ4n) is 3.57. The molecule has 5 atom stereocenters. The highest BCUT2D eigenvalue weighted by atomic mass is 28.4. The molecule has 1 aliphatic rings. The van der Waals surface area contributed by atoms with Crippen molar-refractivity contribution in [3.8, 4) is 11.8 Å². The molecular formula is C23H40O4Si. The van der Waals surface area contributed by atoms with E-state index in [0.29, 0.717) is 12.3 Å². The smallest absolute Gasteiger partial charge is 0.302 e. The summed E-state index contributed by atoms with van der Waals surface area (Å²) in [6.45, 7) is 20.3. The number of esters is 1. The highest BCUT2D eigenvalue weighted by molar-refractivity contribution is 6.74. The predicted molar refractivity (Wildman–Crippen MR) is 117 cm³/mol. The van der Waals surface area contributed by atoms with E-state index >= 15 is 0 Å². The van der Waals surface area contributed by atoms with Crippen LogP contribution >= 0.6 is 0 Å². The fraction of sp³-hybridized carbons (Fsp3) is 0.783. The maximum Gasteiger partial charge on any atom is 0.302 e. The highest BCUT2D eigenvalue weighted by Gasteiger charge is 2.51. The Labute approximate surface area is 173 Å². The molecule has 1 aliphatic carbocycles. The van der Waals surface area contributed by atoms with Crippen molar-refractivity contribution in [3.63, 3.8) is 0 Å². The second-order valence-corrected chi connectivity index (χ2v) is 15.1. The topological polar surface area (TPSA) is 55.8 Å². The zero-order chi connectivity index (χ0) is 21.9. The molecule has 4 nitrogen and oxygen atoms in total. The van der Waals surface area contributed by atoms with Gasteiger partial charge in [-0.2, -0.15) is 0 Å². The van der Waals surface area contributed by atoms with Crippen molar-refractivity contribution < 1.29 is 19.1 Å². The third-order valence-electron chi connectivity index (χ3n) is 5.98. The van der Waals surface area contributed by atoms with Crippen molar-refractivity contribution in [2.75, 3.05) is 0 Å². The Morgan fingerprint density at radius 2 is 1.64 bits per heavy atom. The molecule has 0 unspecified atom stereocenters. The van der Waals surface area contributed by atoms with Gasteiger partial charge in [-0.25, -0.2) is 0 Å². The van der Waals surface area contributed by atoms with Gasteiger partial charge in [-0.3, -0.25) is 4.79 Å². The molecule has 1 N–H and O–H groups in total. The number of carbonyl (C=O) groups is 1. The van der Waals surface area contributed by atoms with Gasteiger partial charge in [0, 0.05) is 6.92 Å². The largest absolute Gasteiger partial charge is 0.462 e. The van der Waals surface area contributed by atoms with Gasteiger partial charge >= 0.3 is 5.97 Å². The van der Waals surface area contributed by atoms with E-state index in [-0.39, 0.29) is 23.0 Å². The molecule has 5 heteroatoms. The monoisotopic (exact) mass is 408 g/mol. The van der Waals surface area contributed by atoms with Crippen LogP contribution in [0.2, 0.25) is 18.1 Å². The van der Waals surface area contributed by atoms with E-state index in [4.69, 9.17) is 9.16 Å². The highest BCUT2D eigenvalue weighted by Crippen LogP contribution is 2.44. The second-order valence-electron chi connectivity index (χ2n) is 10.3. The number of hydrogen-bond acceptors (Lipinski definition) is 4. The lowest BCUT2D eigenvalue weighted by atomic mass is 9.71. The Kier molecular flexibility index (Phi) is 8.15. The lowest BCUT2D eigenvalue weighted by molar-refractivity contribution is -0.166. The Morgan fingerprint density at radius 1 is 1.11 bits per heavy atom. The molecule has 0 aromatic rings. The SMILES string of the molecule is CC(=O)O[C@H]1C[C@H](C)C[C@H](O[Si](C)(C)C(C)(C)C)[C@H]1[C@@](C)(O)C#CC=C(C)C. The van der Waals surface area contributed by atoms with E-state index in [0.717, 1.165) is 12.0 Å². The number of ether oxygens (including phenoxy) is 1. The zero-order valence-corrected chi connectivity index (χ0v) is 20.5. The first kappa shape index (κ1) is 24.9. The summed E-state index contributed by atoms with van der Waals surface area (Å²) in [5.41, 5.74) is -0.245. The summed E-state index contributed by atoms with van der Waals surface area (Å²) in [4.78, 5) is 11.8. The molecule has 0 aromatic heterocycles. The minimum Gasteiger partial charge on any atom is -0.462 e. The van der Waals surface area contributed by atoms with Crippen LogP contribution in [0.1, 0.15) is 68.2 Å². The third-order valence-corrected chi connectivity index (χ3v) is 10.5. The Morgan fingerprint density at radius 3 is 2.11 bits per heavy atom. The van der Waals surface area contributed by atoms with Gasteiger partial charge in [0.25, 0.3) is 0 Å². The first-order valence-corrected chi connectivity index (χ1v) is 13.2. The van der Waals surface area contributed by atoms with Gasteiger partial charge < -0.3 is 14.3 Å². The molecule has 0 saturated heterocycles. The van der Waals surface area contributed by atoms with Crippen LogP contribution < -0.4 is 0 Å². The summed E-state index contributed by atoms with van der Waals surface area (Å²) in [7, 11) is -2.07. The number of allylic oxidation sites excluding steroid dienone is 2. The first-order valence-electron chi connectivity index (χ1n) is 10.3. The van der Waals surface area contributed by atoms with Crippen LogP contribution in [0.25, 0.3) is 0 Å². The number of aliphatic hydroxyl groups is 1. The van der Waals surface area contributed by atoms with Gasteiger partial charge in [0.2, 0.25) is 0 Å². The van der Waals surface area contributed by atoms with Gasteiger partial charge in [-0.1, -0.05) is 45.1 Å². The molecule has 0 aromatic carbocycles. The van der Waals surface area contributed by atoms with Crippen LogP contribution in [0, 0.1) is 23.7 Å². The molecule has 160 valence electrons. The van der Waals surface area contributed by atoms with Crippen molar-refractivity contribution in [3.05, 3.63) is 11.6 Å². The average Bonchev–Trinajstić information content (AvgIpc) is 2.42. The fourth-order valence-corrected chi connectivity index (χ4v) is 4.92. The van der Waals surface area contributed by atoms with Crippen LogP contribution in [0.5, 0.6) is 0 Å². The molecule has 0 radical (unpaired) electrons. The summed E-state index contributed by atoms with van der Waals surface area (Å²) in [5, 5.41) is 11.4.